The molecule has 2 aliphatic carbocycles. The van der Waals surface area contributed by atoms with Crippen LogP contribution < -0.4 is 11.1 Å². The predicted octanol–water partition coefficient (Wildman–Crippen LogP) is 2.74. The first-order valence-electron chi connectivity index (χ1n) is 8.86. The molecule has 1 fully saturated rings. The molecule has 0 bridgehead atoms. The van der Waals surface area contributed by atoms with Crippen LogP contribution in [0.3, 0.4) is 0 Å². The van der Waals surface area contributed by atoms with E-state index < -0.39 is 0 Å². The Bertz CT molecular complexity index is 520. The maximum absolute atomic E-state index is 12.4. The molecule has 1 amide bonds. The van der Waals surface area contributed by atoms with E-state index >= 15 is 0 Å². The Morgan fingerprint density at radius 2 is 1.91 bits per heavy atom. The largest absolute Gasteiger partial charge is 0.352 e. The van der Waals surface area contributed by atoms with Crippen molar-refractivity contribution in [2.24, 2.45) is 11.7 Å². The lowest BCUT2D eigenvalue weighted by Gasteiger charge is -2.30. The highest BCUT2D eigenvalue weighted by Gasteiger charge is 2.24. The van der Waals surface area contributed by atoms with Crippen LogP contribution in [0.5, 0.6) is 0 Å². The van der Waals surface area contributed by atoms with E-state index in [2.05, 4.69) is 23.5 Å². The minimum atomic E-state index is 0.124. The second-order valence-electron chi connectivity index (χ2n) is 6.94. The summed E-state index contributed by atoms with van der Waals surface area (Å²) in [4.78, 5) is 12.4. The van der Waals surface area contributed by atoms with Crippen LogP contribution in [0.25, 0.3) is 0 Å². The van der Waals surface area contributed by atoms with Crippen molar-refractivity contribution in [2.75, 3.05) is 6.54 Å². The SMILES string of the molecule is NCC(NC(=O)Cc1ccc2c(c1)CCC2)C1CCCCC1. The smallest absolute Gasteiger partial charge is 0.224 e. The average molecular weight is 300 g/mol. The van der Waals surface area contributed by atoms with Crippen molar-refractivity contribution in [3.8, 4) is 0 Å². The molecule has 2 aliphatic rings. The van der Waals surface area contributed by atoms with Crippen LogP contribution >= 0.6 is 0 Å². The molecule has 0 heterocycles. The topological polar surface area (TPSA) is 55.1 Å². The number of aryl methyl sites for hydroxylation is 2. The molecule has 1 aromatic rings. The highest BCUT2D eigenvalue weighted by molar-refractivity contribution is 5.79. The Labute approximate surface area is 133 Å². The summed E-state index contributed by atoms with van der Waals surface area (Å²) in [5.41, 5.74) is 9.94. The van der Waals surface area contributed by atoms with E-state index in [1.165, 1.54) is 56.1 Å². The summed E-state index contributed by atoms with van der Waals surface area (Å²) in [6, 6.07) is 6.69. The minimum Gasteiger partial charge on any atom is -0.352 e. The van der Waals surface area contributed by atoms with Crippen molar-refractivity contribution in [1.82, 2.24) is 5.32 Å². The minimum absolute atomic E-state index is 0.124. The maximum atomic E-state index is 12.4. The number of benzene rings is 1. The number of hydrogen-bond acceptors (Lipinski definition) is 2. The Morgan fingerprint density at radius 1 is 1.14 bits per heavy atom. The normalized spacial score (nSPS) is 19.7. The Morgan fingerprint density at radius 3 is 2.68 bits per heavy atom. The van der Waals surface area contributed by atoms with E-state index in [1.54, 1.807) is 0 Å². The molecular formula is C19H28N2O. The van der Waals surface area contributed by atoms with Gasteiger partial charge in [-0.3, -0.25) is 4.79 Å². The molecule has 3 N–H and O–H groups in total. The first-order chi connectivity index (χ1) is 10.8. The Balaban J connectivity index is 1.56. The molecule has 3 heteroatoms. The van der Waals surface area contributed by atoms with Crippen LogP contribution in [0.1, 0.15) is 55.2 Å². The molecule has 0 spiro atoms. The predicted molar refractivity (Wildman–Crippen MR) is 89.7 cm³/mol. The molecule has 0 aromatic heterocycles. The van der Waals surface area contributed by atoms with Crippen LogP contribution in [0, 0.1) is 5.92 Å². The van der Waals surface area contributed by atoms with E-state index in [4.69, 9.17) is 5.73 Å². The fraction of sp³-hybridized carbons (Fsp3) is 0.632. The number of rotatable bonds is 5. The second-order valence-corrected chi connectivity index (χ2v) is 6.94. The number of fused-ring (bicyclic) bond motifs is 1. The summed E-state index contributed by atoms with van der Waals surface area (Å²) in [5, 5.41) is 3.19. The van der Waals surface area contributed by atoms with Gasteiger partial charge in [0.25, 0.3) is 0 Å². The van der Waals surface area contributed by atoms with E-state index in [0.717, 1.165) is 12.0 Å². The summed E-state index contributed by atoms with van der Waals surface area (Å²) in [6.45, 7) is 0.556. The van der Waals surface area contributed by atoms with Gasteiger partial charge in [-0.05, 0) is 54.7 Å². The van der Waals surface area contributed by atoms with Crippen LogP contribution in [0.2, 0.25) is 0 Å². The van der Waals surface area contributed by atoms with E-state index in [0.29, 0.717) is 18.9 Å². The standard InChI is InChI=1S/C19H28N2O/c20-13-18(16-5-2-1-3-6-16)21-19(22)12-14-9-10-15-7-4-8-17(15)11-14/h9-11,16,18H,1-8,12-13,20H2,(H,21,22). The molecule has 22 heavy (non-hydrogen) atoms. The molecule has 0 aliphatic heterocycles. The number of carbonyl (C=O) groups is 1. The van der Waals surface area contributed by atoms with Gasteiger partial charge in [0.2, 0.25) is 5.91 Å². The summed E-state index contributed by atoms with van der Waals surface area (Å²) >= 11 is 0. The van der Waals surface area contributed by atoms with Gasteiger partial charge in [-0.2, -0.15) is 0 Å². The van der Waals surface area contributed by atoms with Gasteiger partial charge in [0.15, 0.2) is 0 Å². The molecule has 1 saturated carbocycles. The van der Waals surface area contributed by atoms with Crippen molar-refractivity contribution >= 4 is 5.91 Å². The van der Waals surface area contributed by atoms with Gasteiger partial charge in [-0.15, -0.1) is 0 Å². The molecule has 1 atom stereocenters. The van der Waals surface area contributed by atoms with Gasteiger partial charge in [-0.25, -0.2) is 0 Å². The zero-order valence-electron chi connectivity index (χ0n) is 13.4. The molecule has 120 valence electrons. The third kappa shape index (κ3) is 3.70. The second kappa shape index (κ2) is 7.28. The first kappa shape index (κ1) is 15.5. The van der Waals surface area contributed by atoms with Crippen LogP contribution in [-0.2, 0) is 24.1 Å². The fourth-order valence-electron chi connectivity index (χ4n) is 4.08. The molecule has 3 rings (SSSR count). The van der Waals surface area contributed by atoms with Crippen molar-refractivity contribution in [3.05, 3.63) is 34.9 Å². The van der Waals surface area contributed by atoms with Crippen LogP contribution in [0.4, 0.5) is 0 Å². The van der Waals surface area contributed by atoms with Crippen molar-refractivity contribution in [3.63, 3.8) is 0 Å². The molecule has 0 radical (unpaired) electrons. The number of carbonyl (C=O) groups excluding carboxylic acids is 1. The van der Waals surface area contributed by atoms with Crippen molar-refractivity contribution in [1.29, 1.82) is 0 Å². The number of amides is 1. The number of nitrogens with two attached hydrogens (primary N) is 1. The first-order valence-corrected chi connectivity index (χ1v) is 8.86. The molecule has 1 aromatic carbocycles. The fourth-order valence-corrected chi connectivity index (χ4v) is 4.08. The highest BCUT2D eigenvalue weighted by Crippen LogP contribution is 2.26. The quantitative estimate of drug-likeness (QED) is 0.878. The lowest BCUT2D eigenvalue weighted by Crippen LogP contribution is -2.46. The van der Waals surface area contributed by atoms with Crippen LogP contribution in [-0.4, -0.2) is 18.5 Å². The van der Waals surface area contributed by atoms with Gasteiger partial charge in [0, 0.05) is 12.6 Å². The lowest BCUT2D eigenvalue weighted by molar-refractivity contribution is -0.121. The third-order valence-corrected chi connectivity index (χ3v) is 5.35. The third-order valence-electron chi connectivity index (χ3n) is 5.35. The maximum Gasteiger partial charge on any atom is 0.224 e. The summed E-state index contributed by atoms with van der Waals surface area (Å²) < 4.78 is 0. The van der Waals surface area contributed by atoms with E-state index in [9.17, 15) is 4.79 Å². The van der Waals surface area contributed by atoms with Gasteiger partial charge in [-0.1, -0.05) is 37.5 Å². The molecular weight excluding hydrogens is 272 g/mol. The zero-order valence-corrected chi connectivity index (χ0v) is 13.4. The Hall–Kier alpha value is -1.35. The van der Waals surface area contributed by atoms with Crippen molar-refractivity contribution < 1.29 is 4.79 Å². The van der Waals surface area contributed by atoms with Gasteiger partial charge in [0.05, 0.1) is 6.42 Å². The lowest BCUT2D eigenvalue weighted by atomic mass is 9.84. The Kier molecular flexibility index (Phi) is 5.14. The summed E-state index contributed by atoms with van der Waals surface area (Å²) in [5.74, 6) is 0.696. The van der Waals surface area contributed by atoms with E-state index in [-0.39, 0.29) is 11.9 Å². The van der Waals surface area contributed by atoms with Gasteiger partial charge < -0.3 is 11.1 Å². The monoisotopic (exact) mass is 300 g/mol. The van der Waals surface area contributed by atoms with Crippen LogP contribution in [0.15, 0.2) is 18.2 Å². The summed E-state index contributed by atoms with van der Waals surface area (Å²) in [6.07, 6.45) is 10.4. The van der Waals surface area contributed by atoms with Gasteiger partial charge >= 0.3 is 0 Å². The number of nitrogens with one attached hydrogen (secondary N) is 1. The average Bonchev–Trinajstić information content (AvgIpc) is 3.01. The highest BCUT2D eigenvalue weighted by atomic mass is 16.1. The summed E-state index contributed by atoms with van der Waals surface area (Å²) in [7, 11) is 0. The molecule has 3 nitrogen and oxygen atoms in total. The molecule has 1 unspecified atom stereocenters. The van der Waals surface area contributed by atoms with Crippen molar-refractivity contribution in [2.45, 2.75) is 63.8 Å². The number of hydrogen-bond donors (Lipinski definition) is 2. The van der Waals surface area contributed by atoms with Gasteiger partial charge in [0.1, 0.15) is 0 Å². The molecule has 0 saturated heterocycles. The zero-order chi connectivity index (χ0) is 15.4. The van der Waals surface area contributed by atoms with E-state index in [1.807, 2.05) is 0 Å².